The monoisotopic (exact) mass is 344 g/mol. The van der Waals surface area contributed by atoms with E-state index in [1.165, 1.54) is 6.07 Å². The van der Waals surface area contributed by atoms with E-state index in [-0.39, 0.29) is 5.91 Å². The van der Waals surface area contributed by atoms with Gasteiger partial charge >= 0.3 is 6.18 Å². The summed E-state index contributed by atoms with van der Waals surface area (Å²) in [5, 5.41) is 2.86. The van der Waals surface area contributed by atoms with Gasteiger partial charge in [-0.05, 0) is 38.6 Å². The number of benzene rings is 1. The van der Waals surface area contributed by atoms with E-state index in [1.807, 2.05) is 19.0 Å². The quantitative estimate of drug-likeness (QED) is 0.892. The molecule has 0 atom stereocenters. The van der Waals surface area contributed by atoms with Crippen LogP contribution in [0.2, 0.25) is 0 Å². The van der Waals surface area contributed by atoms with Crippen LogP contribution in [0.4, 0.5) is 13.2 Å². The Labute approximate surface area is 140 Å². The molecule has 1 fully saturated rings. The first-order chi connectivity index (χ1) is 11.3. The predicted molar refractivity (Wildman–Crippen MR) is 84.7 cm³/mol. The minimum absolute atomic E-state index is 0.230. The summed E-state index contributed by atoms with van der Waals surface area (Å²) in [6.07, 6.45) is -3.67. The van der Waals surface area contributed by atoms with E-state index >= 15 is 0 Å². The molecular weight excluding hydrogens is 321 g/mol. The van der Waals surface area contributed by atoms with E-state index in [0.717, 1.165) is 12.1 Å². The molecule has 1 aromatic rings. The Balaban J connectivity index is 2.29. The largest absolute Gasteiger partial charge is 0.416 e. The fraction of sp³-hybridized carbons (Fsp3) is 0.588. The summed E-state index contributed by atoms with van der Waals surface area (Å²) >= 11 is 0. The van der Waals surface area contributed by atoms with Gasteiger partial charge < -0.3 is 15.0 Å². The molecule has 0 radical (unpaired) electrons. The molecule has 0 unspecified atom stereocenters. The fourth-order valence-corrected chi connectivity index (χ4v) is 2.92. The molecule has 1 aromatic carbocycles. The van der Waals surface area contributed by atoms with Crippen LogP contribution in [0.15, 0.2) is 24.3 Å². The van der Waals surface area contributed by atoms with Crippen LogP contribution in [0.25, 0.3) is 0 Å². The highest BCUT2D eigenvalue weighted by molar-refractivity contribution is 5.88. The van der Waals surface area contributed by atoms with Crippen LogP contribution >= 0.6 is 0 Å². The molecule has 4 nitrogen and oxygen atoms in total. The molecule has 1 amide bonds. The van der Waals surface area contributed by atoms with Crippen molar-refractivity contribution in [3.8, 4) is 0 Å². The number of carbonyl (C=O) groups is 1. The number of nitrogens with one attached hydrogen (secondary N) is 1. The lowest BCUT2D eigenvalue weighted by atomic mass is 9.73. The maximum absolute atomic E-state index is 13.0. The van der Waals surface area contributed by atoms with Crippen molar-refractivity contribution in [2.45, 2.75) is 24.4 Å². The first-order valence-corrected chi connectivity index (χ1v) is 7.94. The zero-order chi connectivity index (χ0) is 17.8. The van der Waals surface area contributed by atoms with Crippen molar-refractivity contribution in [3.05, 3.63) is 35.4 Å². The highest BCUT2D eigenvalue weighted by atomic mass is 19.4. The van der Waals surface area contributed by atoms with Gasteiger partial charge in [-0.3, -0.25) is 4.79 Å². The van der Waals surface area contributed by atoms with Gasteiger partial charge in [0.25, 0.3) is 0 Å². The lowest BCUT2D eigenvalue weighted by Crippen LogP contribution is -2.49. The summed E-state index contributed by atoms with van der Waals surface area (Å²) in [7, 11) is 3.78. The van der Waals surface area contributed by atoms with Gasteiger partial charge in [-0.15, -0.1) is 0 Å². The van der Waals surface area contributed by atoms with Crippen LogP contribution in [0.1, 0.15) is 24.0 Å². The maximum atomic E-state index is 13.0. The summed E-state index contributed by atoms with van der Waals surface area (Å²) < 4.78 is 44.4. The van der Waals surface area contributed by atoms with Gasteiger partial charge in [0.1, 0.15) is 0 Å². The molecule has 0 spiro atoms. The standard InChI is InChI=1S/C17H23F3N2O2/c1-22(2)9-8-21-15(23)16(6-10-24-11-7-16)13-4-3-5-14(12-13)17(18,19)20/h3-5,12H,6-11H2,1-2H3,(H,21,23). The molecule has 7 heteroatoms. The Morgan fingerprint density at radius 2 is 1.96 bits per heavy atom. The summed E-state index contributed by atoms with van der Waals surface area (Å²) in [6, 6.07) is 5.09. The molecule has 0 bridgehead atoms. The molecule has 2 rings (SSSR count). The first-order valence-electron chi connectivity index (χ1n) is 7.94. The first kappa shape index (κ1) is 18.7. The molecular formula is C17H23F3N2O2. The van der Waals surface area contributed by atoms with Crippen molar-refractivity contribution < 1.29 is 22.7 Å². The molecule has 1 N–H and O–H groups in total. The highest BCUT2D eigenvalue weighted by Crippen LogP contribution is 2.38. The van der Waals surface area contributed by atoms with Gasteiger partial charge in [-0.25, -0.2) is 0 Å². The second kappa shape index (κ2) is 7.53. The average Bonchev–Trinajstić information content (AvgIpc) is 2.54. The minimum Gasteiger partial charge on any atom is -0.381 e. The number of rotatable bonds is 5. The van der Waals surface area contributed by atoms with Crippen LogP contribution in [0, 0.1) is 0 Å². The molecule has 0 saturated carbocycles. The predicted octanol–water partition coefficient (Wildman–Crippen LogP) is 2.43. The van der Waals surface area contributed by atoms with Gasteiger partial charge in [-0.2, -0.15) is 13.2 Å². The van der Waals surface area contributed by atoms with Crippen molar-refractivity contribution in [1.29, 1.82) is 0 Å². The van der Waals surface area contributed by atoms with Gasteiger partial charge in [0.2, 0.25) is 5.91 Å². The number of carbonyl (C=O) groups excluding carboxylic acids is 1. The Morgan fingerprint density at radius 3 is 2.54 bits per heavy atom. The topological polar surface area (TPSA) is 41.6 Å². The van der Waals surface area contributed by atoms with Crippen molar-refractivity contribution in [1.82, 2.24) is 10.2 Å². The third kappa shape index (κ3) is 4.27. The SMILES string of the molecule is CN(C)CCNC(=O)C1(c2cccc(C(F)(F)F)c2)CCOCC1. The molecule has 1 heterocycles. The van der Waals surface area contributed by atoms with E-state index in [9.17, 15) is 18.0 Å². The Bertz CT molecular complexity index is 567. The fourth-order valence-electron chi connectivity index (χ4n) is 2.92. The minimum atomic E-state index is -4.43. The third-order valence-electron chi connectivity index (χ3n) is 4.37. The van der Waals surface area contributed by atoms with Crippen LogP contribution in [-0.4, -0.2) is 51.2 Å². The zero-order valence-electron chi connectivity index (χ0n) is 13.9. The summed E-state index contributed by atoms with van der Waals surface area (Å²) in [4.78, 5) is 14.7. The molecule has 1 saturated heterocycles. The number of alkyl halides is 3. The van der Waals surface area contributed by atoms with Crippen LogP contribution < -0.4 is 5.32 Å². The molecule has 134 valence electrons. The number of amides is 1. The van der Waals surface area contributed by atoms with E-state index < -0.39 is 17.2 Å². The van der Waals surface area contributed by atoms with Gasteiger partial charge in [0.15, 0.2) is 0 Å². The van der Waals surface area contributed by atoms with Crippen molar-refractivity contribution in [2.75, 3.05) is 40.4 Å². The number of hydrogen-bond donors (Lipinski definition) is 1. The molecule has 1 aliphatic heterocycles. The van der Waals surface area contributed by atoms with E-state index in [0.29, 0.717) is 44.7 Å². The van der Waals surface area contributed by atoms with Crippen LogP contribution in [0.3, 0.4) is 0 Å². The molecule has 24 heavy (non-hydrogen) atoms. The number of hydrogen-bond acceptors (Lipinski definition) is 3. The average molecular weight is 344 g/mol. The van der Waals surface area contributed by atoms with Crippen molar-refractivity contribution in [2.24, 2.45) is 0 Å². The molecule has 0 aliphatic carbocycles. The van der Waals surface area contributed by atoms with E-state index in [4.69, 9.17) is 4.74 Å². The Hall–Kier alpha value is -1.60. The molecule has 1 aliphatic rings. The van der Waals surface area contributed by atoms with E-state index in [2.05, 4.69) is 5.32 Å². The summed E-state index contributed by atoms with van der Waals surface area (Å²) in [5.74, 6) is -0.230. The second-order valence-electron chi connectivity index (χ2n) is 6.33. The zero-order valence-corrected chi connectivity index (χ0v) is 13.9. The van der Waals surface area contributed by atoms with Gasteiger partial charge in [0, 0.05) is 26.3 Å². The van der Waals surface area contributed by atoms with Gasteiger partial charge in [-0.1, -0.05) is 18.2 Å². The number of halogens is 3. The van der Waals surface area contributed by atoms with Gasteiger partial charge in [0.05, 0.1) is 11.0 Å². The Kier molecular flexibility index (Phi) is 5.87. The number of ether oxygens (including phenoxy) is 1. The lowest BCUT2D eigenvalue weighted by molar-refractivity contribution is -0.138. The summed E-state index contributed by atoms with van der Waals surface area (Å²) in [6.45, 7) is 1.84. The van der Waals surface area contributed by atoms with Crippen LogP contribution in [-0.2, 0) is 21.1 Å². The highest BCUT2D eigenvalue weighted by Gasteiger charge is 2.42. The Morgan fingerprint density at radius 1 is 1.29 bits per heavy atom. The van der Waals surface area contributed by atoms with E-state index in [1.54, 1.807) is 6.07 Å². The second-order valence-corrected chi connectivity index (χ2v) is 6.33. The third-order valence-corrected chi connectivity index (χ3v) is 4.37. The molecule has 0 aromatic heterocycles. The lowest BCUT2D eigenvalue weighted by Gasteiger charge is -2.36. The van der Waals surface area contributed by atoms with Crippen LogP contribution in [0.5, 0.6) is 0 Å². The smallest absolute Gasteiger partial charge is 0.381 e. The summed E-state index contributed by atoms with van der Waals surface area (Å²) in [5.41, 5.74) is -1.29. The van der Waals surface area contributed by atoms with Crippen molar-refractivity contribution in [3.63, 3.8) is 0 Å². The van der Waals surface area contributed by atoms with Crippen molar-refractivity contribution >= 4 is 5.91 Å². The maximum Gasteiger partial charge on any atom is 0.416 e. The number of likely N-dealkylation sites (N-methyl/N-ethyl adjacent to an activating group) is 1. The normalized spacial score (nSPS) is 17.8. The number of nitrogens with zero attached hydrogens (tertiary/aromatic N) is 1.